The van der Waals surface area contributed by atoms with Crippen LogP contribution in [0.1, 0.15) is 29.6 Å². The lowest BCUT2D eigenvalue weighted by Crippen LogP contribution is -2.35. The third-order valence-electron chi connectivity index (χ3n) is 3.75. The summed E-state index contributed by atoms with van der Waals surface area (Å²) < 4.78 is 0.878. The van der Waals surface area contributed by atoms with E-state index in [0.717, 1.165) is 49.1 Å². The molecular weight excluding hydrogens is 306 g/mol. The number of primary amides is 1. The van der Waals surface area contributed by atoms with Gasteiger partial charge in [-0.15, -0.1) is 0 Å². The Morgan fingerprint density at radius 2 is 2.05 bits per heavy atom. The summed E-state index contributed by atoms with van der Waals surface area (Å²) in [6.45, 7) is 2.69. The first-order chi connectivity index (χ1) is 9.11. The second-order valence-electron chi connectivity index (χ2n) is 5.03. The number of anilines is 1. The van der Waals surface area contributed by atoms with Gasteiger partial charge in [-0.3, -0.25) is 4.79 Å². The number of halogens is 1. The van der Waals surface area contributed by atoms with E-state index in [9.17, 15) is 4.79 Å². The van der Waals surface area contributed by atoms with Crippen molar-refractivity contribution in [1.29, 1.82) is 0 Å². The van der Waals surface area contributed by atoms with Gasteiger partial charge in [-0.05, 0) is 49.9 Å². The molecule has 1 aliphatic heterocycles. The number of rotatable bonds is 4. The molecule has 104 valence electrons. The average Bonchev–Trinajstić information content (AvgIpc) is 2.40. The number of piperidine rings is 1. The quantitative estimate of drug-likeness (QED) is 0.890. The van der Waals surface area contributed by atoms with Gasteiger partial charge in [0.1, 0.15) is 0 Å². The third kappa shape index (κ3) is 3.48. The van der Waals surface area contributed by atoms with Crippen molar-refractivity contribution < 1.29 is 4.79 Å². The fourth-order valence-electron chi connectivity index (χ4n) is 2.68. The molecule has 4 nitrogen and oxygen atoms in total. The van der Waals surface area contributed by atoms with Crippen LogP contribution in [0.4, 0.5) is 5.69 Å². The number of benzene rings is 1. The van der Waals surface area contributed by atoms with E-state index in [4.69, 9.17) is 11.5 Å². The highest BCUT2D eigenvalue weighted by molar-refractivity contribution is 9.10. The van der Waals surface area contributed by atoms with E-state index in [1.54, 1.807) is 6.07 Å². The number of hydrogen-bond acceptors (Lipinski definition) is 3. The third-order valence-corrected chi connectivity index (χ3v) is 4.25. The summed E-state index contributed by atoms with van der Waals surface area (Å²) in [5.41, 5.74) is 12.6. The maximum atomic E-state index is 11.5. The predicted molar refractivity (Wildman–Crippen MR) is 81.3 cm³/mol. The smallest absolute Gasteiger partial charge is 0.250 e. The Balaban J connectivity index is 2.13. The van der Waals surface area contributed by atoms with Crippen LogP contribution in [0.15, 0.2) is 22.7 Å². The Bertz CT molecular complexity index is 456. The van der Waals surface area contributed by atoms with E-state index in [0.29, 0.717) is 11.5 Å². The molecular formula is C14H20BrN3O. The number of nitrogens with two attached hydrogens (primary N) is 2. The molecule has 0 aliphatic carbocycles. The van der Waals surface area contributed by atoms with Crippen LogP contribution in [-0.4, -0.2) is 25.5 Å². The van der Waals surface area contributed by atoms with Crippen LogP contribution < -0.4 is 16.4 Å². The van der Waals surface area contributed by atoms with Crippen LogP contribution in [0.3, 0.4) is 0 Å². The minimum Gasteiger partial charge on any atom is -0.371 e. The van der Waals surface area contributed by atoms with Crippen molar-refractivity contribution in [2.75, 3.05) is 24.5 Å². The van der Waals surface area contributed by atoms with E-state index < -0.39 is 0 Å². The van der Waals surface area contributed by atoms with Crippen molar-refractivity contribution in [2.45, 2.75) is 19.3 Å². The zero-order valence-corrected chi connectivity index (χ0v) is 12.5. The lowest BCUT2D eigenvalue weighted by atomic mass is 9.93. The first-order valence-electron chi connectivity index (χ1n) is 6.66. The number of nitrogens with zero attached hydrogens (tertiary/aromatic N) is 1. The van der Waals surface area contributed by atoms with Gasteiger partial charge in [0.2, 0.25) is 0 Å². The van der Waals surface area contributed by atoms with Crippen LogP contribution >= 0.6 is 15.9 Å². The first kappa shape index (κ1) is 14.3. The summed E-state index contributed by atoms with van der Waals surface area (Å²) in [5.74, 6) is 0.342. The van der Waals surface area contributed by atoms with Gasteiger partial charge in [-0.2, -0.15) is 0 Å². The molecule has 1 aromatic rings. The lowest BCUT2D eigenvalue weighted by molar-refractivity contribution is 0.100. The molecule has 4 N–H and O–H groups in total. The fraction of sp³-hybridized carbons (Fsp3) is 0.500. The second kappa shape index (κ2) is 6.39. The molecule has 0 unspecified atom stereocenters. The van der Waals surface area contributed by atoms with Crippen LogP contribution in [0, 0.1) is 5.92 Å². The van der Waals surface area contributed by atoms with E-state index >= 15 is 0 Å². The number of carbonyl (C=O) groups excluding carboxylic acids is 1. The normalized spacial score (nSPS) is 16.6. The summed E-state index contributed by atoms with van der Waals surface area (Å²) in [7, 11) is 0. The summed E-state index contributed by atoms with van der Waals surface area (Å²) in [5, 5.41) is 0. The average molecular weight is 326 g/mol. The zero-order valence-electron chi connectivity index (χ0n) is 10.9. The van der Waals surface area contributed by atoms with E-state index in [-0.39, 0.29) is 5.91 Å². The van der Waals surface area contributed by atoms with Gasteiger partial charge in [0, 0.05) is 23.2 Å². The van der Waals surface area contributed by atoms with Gasteiger partial charge in [-0.1, -0.05) is 15.9 Å². The Morgan fingerprint density at radius 1 is 1.37 bits per heavy atom. The van der Waals surface area contributed by atoms with Crippen molar-refractivity contribution in [3.8, 4) is 0 Å². The van der Waals surface area contributed by atoms with Crippen LogP contribution in [0.5, 0.6) is 0 Å². The predicted octanol–water partition coefficient (Wildman–Crippen LogP) is 2.11. The fourth-order valence-corrected chi connectivity index (χ4v) is 3.04. The monoisotopic (exact) mass is 325 g/mol. The number of amides is 1. The Labute approximate surface area is 122 Å². The Kier molecular flexibility index (Phi) is 4.82. The van der Waals surface area contributed by atoms with Crippen molar-refractivity contribution in [2.24, 2.45) is 17.4 Å². The van der Waals surface area contributed by atoms with Gasteiger partial charge < -0.3 is 16.4 Å². The summed E-state index contributed by atoms with van der Waals surface area (Å²) in [6, 6.07) is 5.71. The molecule has 5 heteroatoms. The van der Waals surface area contributed by atoms with Crippen molar-refractivity contribution >= 4 is 27.5 Å². The van der Waals surface area contributed by atoms with Crippen LogP contribution in [-0.2, 0) is 0 Å². The standard InChI is InChI=1S/C14H20BrN3O/c15-11-1-2-13(12(9-11)14(17)19)18-7-4-10(3-6-16)5-8-18/h1-2,9-10H,3-8,16H2,(H2,17,19). The molecule has 1 aromatic carbocycles. The van der Waals surface area contributed by atoms with Crippen molar-refractivity contribution in [1.82, 2.24) is 0 Å². The van der Waals surface area contributed by atoms with E-state index in [1.165, 1.54) is 0 Å². The molecule has 19 heavy (non-hydrogen) atoms. The van der Waals surface area contributed by atoms with Gasteiger partial charge in [-0.25, -0.2) is 0 Å². The summed E-state index contributed by atoms with van der Waals surface area (Å²) >= 11 is 3.38. The number of hydrogen-bond donors (Lipinski definition) is 2. The van der Waals surface area contributed by atoms with E-state index in [2.05, 4.69) is 20.8 Å². The van der Waals surface area contributed by atoms with Crippen molar-refractivity contribution in [3.05, 3.63) is 28.2 Å². The zero-order chi connectivity index (χ0) is 13.8. The van der Waals surface area contributed by atoms with Gasteiger partial charge in [0.05, 0.1) is 5.56 Å². The molecule has 0 spiro atoms. The molecule has 0 radical (unpaired) electrons. The largest absolute Gasteiger partial charge is 0.371 e. The second-order valence-corrected chi connectivity index (χ2v) is 5.95. The molecule has 1 saturated heterocycles. The van der Waals surface area contributed by atoms with Gasteiger partial charge in [0.25, 0.3) is 5.91 Å². The van der Waals surface area contributed by atoms with Crippen LogP contribution in [0.2, 0.25) is 0 Å². The first-order valence-corrected chi connectivity index (χ1v) is 7.45. The maximum Gasteiger partial charge on any atom is 0.250 e. The van der Waals surface area contributed by atoms with Gasteiger partial charge in [0.15, 0.2) is 0 Å². The minimum atomic E-state index is -0.375. The van der Waals surface area contributed by atoms with Gasteiger partial charge >= 0.3 is 0 Å². The highest BCUT2D eigenvalue weighted by Crippen LogP contribution is 2.29. The molecule has 1 heterocycles. The summed E-state index contributed by atoms with van der Waals surface area (Å²) in [4.78, 5) is 13.8. The maximum absolute atomic E-state index is 11.5. The minimum absolute atomic E-state index is 0.375. The lowest BCUT2D eigenvalue weighted by Gasteiger charge is -2.34. The Morgan fingerprint density at radius 3 is 2.63 bits per heavy atom. The molecule has 0 aromatic heterocycles. The number of carbonyl (C=O) groups is 1. The molecule has 0 atom stereocenters. The Hall–Kier alpha value is -1.07. The topological polar surface area (TPSA) is 72.3 Å². The molecule has 1 amide bonds. The highest BCUT2D eigenvalue weighted by atomic mass is 79.9. The molecule has 1 aliphatic rings. The molecule has 0 saturated carbocycles. The molecule has 2 rings (SSSR count). The molecule has 1 fully saturated rings. The van der Waals surface area contributed by atoms with Crippen LogP contribution in [0.25, 0.3) is 0 Å². The SMILES string of the molecule is NCCC1CCN(c2ccc(Br)cc2C(N)=O)CC1. The molecule has 0 bridgehead atoms. The van der Waals surface area contributed by atoms with E-state index in [1.807, 2.05) is 12.1 Å². The highest BCUT2D eigenvalue weighted by Gasteiger charge is 2.21. The van der Waals surface area contributed by atoms with Crippen molar-refractivity contribution in [3.63, 3.8) is 0 Å². The summed E-state index contributed by atoms with van der Waals surface area (Å²) in [6.07, 6.45) is 3.35.